The summed E-state index contributed by atoms with van der Waals surface area (Å²) in [5.74, 6) is 0.487. The number of benzene rings is 1. The zero-order valence-electron chi connectivity index (χ0n) is 18.6. The maximum atomic E-state index is 13.3. The zero-order valence-corrected chi connectivity index (χ0v) is 19.4. The van der Waals surface area contributed by atoms with Crippen LogP contribution >= 0.6 is 0 Å². The number of nitrogens with one attached hydrogen (secondary N) is 1. The molecule has 0 radical (unpaired) electrons. The Balaban J connectivity index is 1.41. The topological polar surface area (TPSA) is 145 Å². The minimum Gasteiger partial charge on any atom is -0.381 e. The fourth-order valence-electron chi connectivity index (χ4n) is 4.85. The molecule has 188 valence electrons. The zero-order chi connectivity index (χ0) is 25.2. The van der Waals surface area contributed by atoms with E-state index in [4.69, 9.17) is 10.5 Å². The highest BCUT2D eigenvalue weighted by molar-refractivity contribution is 7.89. The fourth-order valence-corrected chi connectivity index (χ4v) is 6.33. The molecule has 6 rings (SSSR count). The molecular weight excluding hydrogens is 489 g/mol. The van der Waals surface area contributed by atoms with Gasteiger partial charge in [-0.15, -0.1) is 0 Å². The summed E-state index contributed by atoms with van der Waals surface area (Å²) >= 11 is 0. The Bertz CT molecular complexity index is 1380. The predicted octanol–water partition coefficient (Wildman–Crippen LogP) is 1.97. The highest BCUT2D eigenvalue weighted by atomic mass is 32.2. The number of aliphatic hydroxyl groups is 1. The van der Waals surface area contributed by atoms with Crippen molar-refractivity contribution in [3.05, 3.63) is 36.3 Å². The van der Waals surface area contributed by atoms with E-state index in [-0.39, 0.29) is 43.1 Å². The molecule has 10 nitrogen and oxygen atoms in total. The van der Waals surface area contributed by atoms with Crippen LogP contribution in [0, 0.1) is 6.92 Å². The molecule has 1 aromatic carbocycles. The van der Waals surface area contributed by atoms with Crippen LogP contribution in [0.25, 0.3) is 17.0 Å². The van der Waals surface area contributed by atoms with Gasteiger partial charge in [0.2, 0.25) is 21.7 Å². The average Bonchev–Trinajstić information content (AvgIpc) is 3.24. The molecule has 1 saturated carbocycles. The van der Waals surface area contributed by atoms with Crippen molar-refractivity contribution in [2.45, 2.75) is 60.9 Å². The molecule has 2 bridgehead atoms. The Morgan fingerprint density at radius 1 is 1.23 bits per heavy atom. The van der Waals surface area contributed by atoms with Crippen LogP contribution in [-0.4, -0.2) is 62.9 Å². The van der Waals surface area contributed by atoms with E-state index in [0.717, 1.165) is 5.56 Å². The van der Waals surface area contributed by atoms with E-state index in [1.807, 2.05) is 0 Å². The molecule has 14 heteroatoms. The van der Waals surface area contributed by atoms with Crippen LogP contribution in [0.2, 0.25) is 0 Å². The van der Waals surface area contributed by atoms with Crippen LogP contribution in [0.4, 0.5) is 19.1 Å². The number of sulfonamides is 1. The van der Waals surface area contributed by atoms with Crippen molar-refractivity contribution in [2.24, 2.45) is 0 Å². The average molecular weight is 513 g/mol. The van der Waals surface area contributed by atoms with E-state index in [1.165, 1.54) is 22.9 Å². The van der Waals surface area contributed by atoms with E-state index in [9.17, 15) is 26.7 Å². The molecule has 3 aromatic rings. The van der Waals surface area contributed by atoms with Crippen molar-refractivity contribution in [2.75, 3.05) is 12.3 Å². The van der Waals surface area contributed by atoms with Crippen molar-refractivity contribution in [1.82, 2.24) is 24.1 Å². The van der Waals surface area contributed by atoms with Crippen molar-refractivity contribution in [3.63, 3.8) is 0 Å². The molecule has 2 aromatic heterocycles. The van der Waals surface area contributed by atoms with Gasteiger partial charge >= 0.3 is 6.18 Å². The van der Waals surface area contributed by atoms with E-state index in [2.05, 4.69) is 19.7 Å². The smallest absolute Gasteiger partial charge is 0.381 e. The molecule has 2 saturated heterocycles. The van der Waals surface area contributed by atoms with Gasteiger partial charge in [-0.25, -0.2) is 28.1 Å². The summed E-state index contributed by atoms with van der Waals surface area (Å²) in [5.41, 5.74) is 4.83. The van der Waals surface area contributed by atoms with E-state index < -0.39 is 33.4 Å². The highest BCUT2D eigenvalue weighted by Crippen LogP contribution is 2.49. The first-order chi connectivity index (χ1) is 16.3. The van der Waals surface area contributed by atoms with Gasteiger partial charge in [0.05, 0.1) is 22.7 Å². The third-order valence-electron chi connectivity index (χ3n) is 6.94. The standard InChI is InChI=1S/C21H23F3N6O4S/c1-12-2-3-13(8-14(12)15-9-30-17(25)26-11-27-18(30)28-15)35(32,33)29-19-4-6-20(7-5-19,34-10-19)16(31)21(22,23)24/h2-3,8-9,11,16,29,31H,4-7,10H2,1H3,(H2,25,26,27,28). The summed E-state index contributed by atoms with van der Waals surface area (Å²) in [7, 11) is -4.06. The van der Waals surface area contributed by atoms with E-state index >= 15 is 0 Å². The summed E-state index contributed by atoms with van der Waals surface area (Å²) in [5, 5.41) is 9.80. The number of imidazole rings is 1. The monoisotopic (exact) mass is 512 g/mol. The number of fused-ring (bicyclic) bond motifs is 4. The van der Waals surface area contributed by atoms with Gasteiger partial charge in [-0.2, -0.15) is 13.2 Å². The summed E-state index contributed by atoms with van der Waals surface area (Å²) in [6, 6.07) is 4.57. The quantitative estimate of drug-likeness (QED) is 0.471. The number of rotatable bonds is 5. The number of ether oxygens (including phenoxy) is 1. The van der Waals surface area contributed by atoms with Crippen LogP contribution in [0.3, 0.4) is 0 Å². The van der Waals surface area contributed by atoms with Crippen molar-refractivity contribution in [1.29, 1.82) is 0 Å². The second kappa shape index (κ2) is 7.85. The number of aliphatic hydroxyl groups excluding tert-OH is 1. The summed E-state index contributed by atoms with van der Waals surface area (Å²) in [6.07, 6.45) is -4.55. The Hall–Kier alpha value is -2.81. The van der Waals surface area contributed by atoms with Crippen molar-refractivity contribution in [3.8, 4) is 11.3 Å². The second-order valence-corrected chi connectivity index (χ2v) is 10.9. The van der Waals surface area contributed by atoms with Crippen LogP contribution in [0.1, 0.15) is 31.2 Å². The molecule has 35 heavy (non-hydrogen) atoms. The number of nitrogen functional groups attached to an aromatic ring is 1. The van der Waals surface area contributed by atoms with Crippen LogP contribution in [-0.2, 0) is 14.8 Å². The van der Waals surface area contributed by atoms with Gasteiger partial charge in [0.25, 0.3) is 0 Å². The van der Waals surface area contributed by atoms with E-state index in [0.29, 0.717) is 17.0 Å². The Morgan fingerprint density at radius 3 is 2.54 bits per heavy atom. The second-order valence-electron chi connectivity index (χ2n) is 9.19. The summed E-state index contributed by atoms with van der Waals surface area (Å²) in [6.45, 7) is 1.54. The normalized spacial score (nSPS) is 25.7. The van der Waals surface area contributed by atoms with Crippen LogP contribution < -0.4 is 10.5 Å². The number of hydrogen-bond donors (Lipinski definition) is 3. The lowest BCUT2D eigenvalue weighted by Crippen LogP contribution is -2.67. The first-order valence-electron chi connectivity index (χ1n) is 10.8. The highest BCUT2D eigenvalue weighted by Gasteiger charge is 2.61. The first-order valence-corrected chi connectivity index (χ1v) is 12.3. The van der Waals surface area contributed by atoms with Crippen molar-refractivity contribution < 1.29 is 31.4 Å². The number of nitrogens with two attached hydrogens (primary N) is 1. The minimum absolute atomic E-state index is 0.0266. The molecule has 1 atom stereocenters. The molecule has 0 amide bonds. The van der Waals surface area contributed by atoms with Crippen LogP contribution in [0.5, 0.6) is 0 Å². The number of aryl methyl sites for hydroxylation is 1. The maximum Gasteiger partial charge on any atom is 0.417 e. The molecule has 1 aliphatic carbocycles. The maximum absolute atomic E-state index is 13.3. The van der Waals surface area contributed by atoms with Gasteiger partial charge in [-0.1, -0.05) is 6.07 Å². The number of nitrogens with zero attached hydrogens (tertiary/aromatic N) is 4. The van der Waals surface area contributed by atoms with Gasteiger partial charge in [-0.3, -0.25) is 4.40 Å². The molecule has 0 spiro atoms. The number of alkyl halides is 3. The third kappa shape index (κ3) is 4.03. The van der Waals surface area contributed by atoms with Gasteiger partial charge < -0.3 is 15.6 Å². The molecule has 4 heterocycles. The number of hydrogen-bond acceptors (Lipinski definition) is 8. The molecular formula is C21H23F3N6O4S. The first kappa shape index (κ1) is 23.9. The number of halogens is 3. The van der Waals surface area contributed by atoms with Gasteiger partial charge in [0.15, 0.2) is 6.10 Å². The SMILES string of the molecule is Cc1ccc(S(=O)(=O)NC23CCC(C(O)C(F)(F)F)(CC2)OC3)cc1-c1cn2c(N)ncnc2n1. The van der Waals surface area contributed by atoms with E-state index in [1.54, 1.807) is 19.2 Å². The third-order valence-corrected chi connectivity index (χ3v) is 8.52. The Kier molecular flexibility index (Phi) is 5.36. The fraction of sp³-hybridized carbons (Fsp3) is 0.476. The number of anilines is 1. The van der Waals surface area contributed by atoms with Crippen molar-refractivity contribution >= 4 is 21.7 Å². The molecule has 3 aliphatic rings. The summed E-state index contributed by atoms with van der Waals surface area (Å²) < 4.78 is 75.6. The number of aromatic nitrogens is 4. The predicted molar refractivity (Wildman–Crippen MR) is 118 cm³/mol. The largest absolute Gasteiger partial charge is 0.417 e. The van der Waals surface area contributed by atoms with Gasteiger partial charge in [0.1, 0.15) is 11.9 Å². The summed E-state index contributed by atoms with van der Waals surface area (Å²) in [4.78, 5) is 12.3. The van der Waals surface area contributed by atoms with Gasteiger partial charge in [0, 0.05) is 11.8 Å². The lowest BCUT2D eigenvalue weighted by Gasteiger charge is -2.54. The lowest BCUT2D eigenvalue weighted by atomic mass is 9.69. The lowest BCUT2D eigenvalue weighted by molar-refractivity contribution is -0.295. The molecule has 2 aliphatic heterocycles. The molecule has 1 unspecified atom stereocenters. The van der Waals surface area contributed by atoms with Gasteiger partial charge in [-0.05, 0) is 50.3 Å². The minimum atomic E-state index is -4.82. The molecule has 3 fully saturated rings. The Labute approximate surface area is 198 Å². The van der Waals surface area contributed by atoms with Crippen LogP contribution in [0.15, 0.2) is 35.6 Å². The Morgan fingerprint density at radius 2 is 1.94 bits per heavy atom. The molecule has 4 N–H and O–H groups in total.